The fourth-order valence-electron chi connectivity index (χ4n) is 2.76. The van der Waals surface area contributed by atoms with E-state index in [1.54, 1.807) is 13.0 Å². The van der Waals surface area contributed by atoms with Gasteiger partial charge in [0.1, 0.15) is 0 Å². The SMILES string of the molecule is C[C@@H](c1ccccc1)N1C(=O)C(=O)N(C/C=C\c2ccccc2)C1=O. The zero-order chi connectivity index (χ0) is 17.8. The third-order valence-corrected chi connectivity index (χ3v) is 4.15. The molecule has 0 N–H and O–H groups in total. The first-order chi connectivity index (χ1) is 12.1. The van der Waals surface area contributed by atoms with Gasteiger partial charge in [0.15, 0.2) is 0 Å². The van der Waals surface area contributed by atoms with Gasteiger partial charge in [-0.05, 0) is 18.1 Å². The second kappa shape index (κ2) is 7.13. The molecule has 0 aromatic heterocycles. The van der Waals surface area contributed by atoms with Crippen LogP contribution in [0.4, 0.5) is 4.79 Å². The molecule has 25 heavy (non-hydrogen) atoms. The second-order valence-corrected chi connectivity index (χ2v) is 5.77. The molecule has 1 atom stereocenters. The maximum absolute atomic E-state index is 12.6. The highest BCUT2D eigenvalue weighted by atomic mass is 16.2. The van der Waals surface area contributed by atoms with Gasteiger partial charge in [-0.2, -0.15) is 0 Å². The van der Waals surface area contributed by atoms with Crippen molar-refractivity contribution in [2.45, 2.75) is 13.0 Å². The van der Waals surface area contributed by atoms with Gasteiger partial charge in [0.25, 0.3) is 0 Å². The standard InChI is InChI=1S/C20H18N2O3/c1-15(17-12-6-3-7-13-17)22-19(24)18(23)21(20(22)25)14-8-11-16-9-4-2-5-10-16/h2-13,15H,14H2,1H3/b11-8-/t15-/m0/s1. The quantitative estimate of drug-likeness (QED) is 0.623. The number of carbonyl (C=O) groups excluding carboxylic acids is 3. The summed E-state index contributed by atoms with van der Waals surface area (Å²) in [6.07, 6.45) is 3.52. The highest BCUT2D eigenvalue weighted by Gasteiger charge is 2.46. The van der Waals surface area contributed by atoms with Crippen LogP contribution in [0.3, 0.4) is 0 Å². The molecule has 0 unspecified atom stereocenters. The number of carbonyl (C=O) groups is 3. The van der Waals surface area contributed by atoms with Crippen molar-refractivity contribution in [3.63, 3.8) is 0 Å². The lowest BCUT2D eigenvalue weighted by Gasteiger charge is -2.22. The van der Waals surface area contributed by atoms with E-state index >= 15 is 0 Å². The van der Waals surface area contributed by atoms with Crippen molar-refractivity contribution in [2.75, 3.05) is 6.54 Å². The number of amides is 4. The molecule has 2 aromatic rings. The largest absolute Gasteiger partial charge is 0.335 e. The number of hydrogen-bond donors (Lipinski definition) is 0. The molecule has 1 aliphatic rings. The summed E-state index contributed by atoms with van der Waals surface area (Å²) < 4.78 is 0. The van der Waals surface area contributed by atoms with E-state index in [4.69, 9.17) is 0 Å². The van der Waals surface area contributed by atoms with Gasteiger partial charge >= 0.3 is 17.8 Å². The van der Waals surface area contributed by atoms with Crippen LogP contribution in [0.25, 0.3) is 6.08 Å². The van der Waals surface area contributed by atoms with Gasteiger partial charge in [0.2, 0.25) is 0 Å². The van der Waals surface area contributed by atoms with Crippen LogP contribution in [-0.4, -0.2) is 34.2 Å². The van der Waals surface area contributed by atoms with Crippen LogP contribution < -0.4 is 0 Å². The van der Waals surface area contributed by atoms with Crippen LogP contribution in [0.15, 0.2) is 66.7 Å². The minimum absolute atomic E-state index is 0.0658. The normalized spacial score (nSPS) is 16.1. The van der Waals surface area contributed by atoms with E-state index in [0.29, 0.717) is 0 Å². The Morgan fingerprint density at radius 1 is 0.880 bits per heavy atom. The van der Waals surface area contributed by atoms with Crippen LogP contribution in [-0.2, 0) is 9.59 Å². The van der Waals surface area contributed by atoms with E-state index < -0.39 is 23.9 Å². The average Bonchev–Trinajstić information content (AvgIpc) is 2.86. The van der Waals surface area contributed by atoms with Crippen LogP contribution in [0.5, 0.6) is 0 Å². The molecule has 1 heterocycles. The predicted molar refractivity (Wildman–Crippen MR) is 94.3 cm³/mol. The Bertz CT molecular complexity index is 815. The number of nitrogens with zero attached hydrogens (tertiary/aromatic N) is 2. The average molecular weight is 334 g/mol. The molecule has 0 bridgehead atoms. The Labute approximate surface area is 146 Å². The van der Waals surface area contributed by atoms with Crippen molar-refractivity contribution in [2.24, 2.45) is 0 Å². The summed E-state index contributed by atoms with van der Waals surface area (Å²) in [7, 11) is 0. The van der Waals surface area contributed by atoms with Crippen LogP contribution in [0.2, 0.25) is 0 Å². The Hall–Kier alpha value is -3.21. The Balaban J connectivity index is 1.74. The molecule has 0 radical (unpaired) electrons. The first-order valence-corrected chi connectivity index (χ1v) is 8.05. The molecule has 0 saturated carbocycles. The molecule has 2 aromatic carbocycles. The molecular formula is C20H18N2O3. The molecule has 1 saturated heterocycles. The van der Waals surface area contributed by atoms with Crippen LogP contribution in [0, 0.1) is 0 Å². The van der Waals surface area contributed by atoms with Gasteiger partial charge in [-0.25, -0.2) is 9.69 Å². The zero-order valence-corrected chi connectivity index (χ0v) is 13.8. The maximum Gasteiger partial charge on any atom is 0.335 e. The second-order valence-electron chi connectivity index (χ2n) is 5.77. The molecular weight excluding hydrogens is 316 g/mol. The molecule has 5 heteroatoms. The fourth-order valence-corrected chi connectivity index (χ4v) is 2.76. The summed E-state index contributed by atoms with van der Waals surface area (Å²) in [6.45, 7) is 1.80. The lowest BCUT2D eigenvalue weighted by Crippen LogP contribution is -2.35. The van der Waals surface area contributed by atoms with Crippen molar-refractivity contribution in [1.29, 1.82) is 0 Å². The zero-order valence-electron chi connectivity index (χ0n) is 13.8. The topological polar surface area (TPSA) is 57.7 Å². The number of urea groups is 1. The molecule has 3 rings (SSSR count). The highest BCUT2D eigenvalue weighted by Crippen LogP contribution is 2.26. The maximum atomic E-state index is 12.6. The van der Waals surface area contributed by atoms with Gasteiger partial charge in [-0.3, -0.25) is 14.5 Å². The van der Waals surface area contributed by atoms with E-state index in [-0.39, 0.29) is 6.54 Å². The molecule has 1 aliphatic heterocycles. The molecule has 1 fully saturated rings. The molecule has 0 spiro atoms. The predicted octanol–water partition coefficient (Wildman–Crippen LogP) is 3.25. The highest BCUT2D eigenvalue weighted by molar-refractivity contribution is 6.44. The number of benzene rings is 2. The van der Waals surface area contributed by atoms with Crippen molar-refractivity contribution in [3.8, 4) is 0 Å². The Morgan fingerprint density at radius 3 is 2.12 bits per heavy atom. The smallest absolute Gasteiger partial charge is 0.263 e. The number of rotatable bonds is 5. The lowest BCUT2D eigenvalue weighted by atomic mass is 10.1. The Kier molecular flexibility index (Phi) is 4.75. The van der Waals surface area contributed by atoms with Gasteiger partial charge in [0, 0.05) is 6.54 Å². The summed E-state index contributed by atoms with van der Waals surface area (Å²) in [5.41, 5.74) is 1.76. The third-order valence-electron chi connectivity index (χ3n) is 4.15. The third kappa shape index (κ3) is 3.35. The van der Waals surface area contributed by atoms with E-state index in [9.17, 15) is 14.4 Å². The van der Waals surface area contributed by atoms with Gasteiger partial charge in [0.05, 0.1) is 6.04 Å². The van der Waals surface area contributed by atoms with E-state index in [1.165, 1.54) is 0 Å². The molecule has 4 amide bonds. The summed E-state index contributed by atoms with van der Waals surface area (Å²) in [5.74, 6) is -1.57. The first-order valence-electron chi connectivity index (χ1n) is 8.05. The van der Waals surface area contributed by atoms with Crippen molar-refractivity contribution >= 4 is 23.9 Å². The lowest BCUT2D eigenvalue weighted by molar-refractivity contribution is -0.143. The molecule has 5 nitrogen and oxygen atoms in total. The number of imide groups is 2. The summed E-state index contributed by atoms with van der Waals surface area (Å²) in [6, 6.07) is 17.6. The van der Waals surface area contributed by atoms with Crippen molar-refractivity contribution in [3.05, 3.63) is 77.9 Å². The van der Waals surface area contributed by atoms with Gasteiger partial charge in [-0.15, -0.1) is 0 Å². The first kappa shape index (κ1) is 16.6. The minimum Gasteiger partial charge on any atom is -0.263 e. The summed E-state index contributed by atoms with van der Waals surface area (Å²) in [5, 5.41) is 0. The van der Waals surface area contributed by atoms with Gasteiger partial charge in [-0.1, -0.05) is 72.8 Å². The minimum atomic E-state index is -0.787. The Morgan fingerprint density at radius 2 is 1.48 bits per heavy atom. The molecule has 0 aliphatic carbocycles. The van der Waals surface area contributed by atoms with Crippen LogP contribution in [0.1, 0.15) is 24.1 Å². The van der Waals surface area contributed by atoms with E-state index in [1.807, 2.05) is 66.7 Å². The van der Waals surface area contributed by atoms with Crippen LogP contribution >= 0.6 is 0 Å². The summed E-state index contributed by atoms with van der Waals surface area (Å²) >= 11 is 0. The van der Waals surface area contributed by atoms with E-state index in [2.05, 4.69) is 0 Å². The van der Waals surface area contributed by atoms with E-state index in [0.717, 1.165) is 20.9 Å². The van der Waals surface area contributed by atoms with Gasteiger partial charge < -0.3 is 0 Å². The van der Waals surface area contributed by atoms with Crippen molar-refractivity contribution < 1.29 is 14.4 Å². The monoisotopic (exact) mass is 334 g/mol. The fraction of sp³-hybridized carbons (Fsp3) is 0.150. The summed E-state index contributed by atoms with van der Waals surface area (Å²) in [4.78, 5) is 39.0. The number of hydrogen-bond acceptors (Lipinski definition) is 3. The van der Waals surface area contributed by atoms with Crippen molar-refractivity contribution in [1.82, 2.24) is 9.80 Å². The molecule has 126 valence electrons.